The fraction of sp³-hybridized carbons (Fsp3) is 0.182. The Kier molecular flexibility index (Phi) is 7.08. The minimum Gasteiger partial charge on any atom is -0.497 e. The van der Waals surface area contributed by atoms with Crippen LogP contribution < -0.4 is 14.8 Å². The first-order valence-corrected chi connectivity index (χ1v) is 9.71. The molecule has 0 aliphatic carbocycles. The number of esters is 1. The Morgan fingerprint density at radius 1 is 0.966 bits per heavy atom. The van der Waals surface area contributed by atoms with Crippen molar-refractivity contribution in [3.05, 3.63) is 70.7 Å². The zero-order valence-corrected chi connectivity index (χ0v) is 17.4. The van der Waals surface area contributed by atoms with Gasteiger partial charge in [0.2, 0.25) is 0 Å². The number of amides is 1. The minimum absolute atomic E-state index is 0.289. The van der Waals surface area contributed by atoms with Crippen LogP contribution in [0.25, 0.3) is 10.8 Å². The van der Waals surface area contributed by atoms with Gasteiger partial charge in [-0.25, -0.2) is 4.79 Å². The molecule has 3 rings (SSSR count). The summed E-state index contributed by atoms with van der Waals surface area (Å²) in [4.78, 5) is 23.7. The molecule has 1 N–H and O–H groups in total. The van der Waals surface area contributed by atoms with E-state index in [-0.39, 0.29) is 19.1 Å². The summed E-state index contributed by atoms with van der Waals surface area (Å²) in [6.07, 6.45) is 0. The second-order valence-electron chi connectivity index (χ2n) is 6.17. The summed E-state index contributed by atoms with van der Waals surface area (Å²) in [5.41, 5.74) is 0.912. The van der Waals surface area contributed by atoms with E-state index in [2.05, 4.69) is 21.2 Å². The lowest BCUT2D eigenvalue weighted by molar-refractivity contribution is -0.150. The number of rotatable bonds is 8. The Morgan fingerprint density at radius 2 is 1.72 bits per heavy atom. The van der Waals surface area contributed by atoms with E-state index in [1.54, 1.807) is 13.2 Å². The summed E-state index contributed by atoms with van der Waals surface area (Å²) in [7, 11) is 1.59. The first-order chi connectivity index (χ1) is 14.1. The van der Waals surface area contributed by atoms with Crippen LogP contribution in [-0.4, -0.2) is 32.2 Å². The summed E-state index contributed by atoms with van der Waals surface area (Å²) in [6.45, 7) is -0.319. The van der Waals surface area contributed by atoms with E-state index in [1.165, 1.54) is 0 Å². The smallest absolute Gasteiger partial charge is 0.344 e. The monoisotopic (exact) mass is 457 g/mol. The highest BCUT2D eigenvalue weighted by atomic mass is 79.9. The molecule has 6 nitrogen and oxygen atoms in total. The quantitative estimate of drug-likeness (QED) is 0.520. The lowest BCUT2D eigenvalue weighted by Gasteiger charge is -2.10. The number of carbonyl (C=O) groups is 2. The summed E-state index contributed by atoms with van der Waals surface area (Å²) in [6, 6.07) is 18.8. The summed E-state index contributed by atoms with van der Waals surface area (Å²) < 4.78 is 16.3. The molecule has 0 aromatic heterocycles. The second kappa shape index (κ2) is 9.93. The van der Waals surface area contributed by atoms with E-state index >= 15 is 0 Å². The van der Waals surface area contributed by atoms with Gasteiger partial charge in [0.05, 0.1) is 11.6 Å². The Bertz CT molecular complexity index is 1000. The van der Waals surface area contributed by atoms with E-state index in [0.29, 0.717) is 12.3 Å². The molecule has 0 aliphatic rings. The molecular formula is C22H20BrNO5. The van der Waals surface area contributed by atoms with Gasteiger partial charge in [-0.05, 0) is 50.5 Å². The normalized spacial score (nSPS) is 10.4. The molecule has 0 spiro atoms. The van der Waals surface area contributed by atoms with Gasteiger partial charge in [-0.2, -0.15) is 0 Å². The fourth-order valence-electron chi connectivity index (χ4n) is 2.64. The van der Waals surface area contributed by atoms with Gasteiger partial charge in [0, 0.05) is 6.54 Å². The number of benzene rings is 3. The predicted molar refractivity (Wildman–Crippen MR) is 113 cm³/mol. The summed E-state index contributed by atoms with van der Waals surface area (Å²) in [5.74, 6) is 0.266. The molecule has 3 aromatic carbocycles. The second-order valence-corrected chi connectivity index (χ2v) is 6.97. The number of methoxy groups -OCH3 is 1. The molecule has 29 heavy (non-hydrogen) atoms. The van der Waals surface area contributed by atoms with Crippen molar-refractivity contribution in [3.8, 4) is 11.5 Å². The van der Waals surface area contributed by atoms with E-state index in [0.717, 1.165) is 26.6 Å². The molecule has 0 saturated heterocycles. The van der Waals surface area contributed by atoms with Crippen molar-refractivity contribution in [1.29, 1.82) is 0 Å². The van der Waals surface area contributed by atoms with E-state index < -0.39 is 5.97 Å². The molecule has 0 radical (unpaired) electrons. The van der Waals surface area contributed by atoms with Gasteiger partial charge in [-0.1, -0.05) is 42.5 Å². The van der Waals surface area contributed by atoms with Crippen LogP contribution in [0.4, 0.5) is 0 Å². The van der Waals surface area contributed by atoms with Crippen LogP contribution in [0, 0.1) is 0 Å². The largest absolute Gasteiger partial charge is 0.497 e. The Balaban J connectivity index is 1.42. The number of halogens is 1. The zero-order valence-electron chi connectivity index (χ0n) is 15.8. The van der Waals surface area contributed by atoms with Gasteiger partial charge in [-0.3, -0.25) is 4.79 Å². The van der Waals surface area contributed by atoms with Crippen molar-refractivity contribution in [2.45, 2.75) is 6.54 Å². The Hall–Kier alpha value is -3.06. The van der Waals surface area contributed by atoms with Crippen molar-refractivity contribution in [2.24, 2.45) is 0 Å². The third-order valence-corrected chi connectivity index (χ3v) is 5.00. The SMILES string of the molecule is COc1ccc(CNC(=O)COC(=O)COc2ccc3ccccc3c2Br)cc1. The van der Waals surface area contributed by atoms with Gasteiger partial charge in [0.15, 0.2) is 13.2 Å². The van der Waals surface area contributed by atoms with Crippen molar-refractivity contribution in [3.63, 3.8) is 0 Å². The van der Waals surface area contributed by atoms with Crippen LogP contribution in [0.15, 0.2) is 65.1 Å². The topological polar surface area (TPSA) is 73.9 Å². The molecule has 0 unspecified atom stereocenters. The highest BCUT2D eigenvalue weighted by Gasteiger charge is 2.11. The van der Waals surface area contributed by atoms with Crippen LogP contribution >= 0.6 is 15.9 Å². The highest BCUT2D eigenvalue weighted by Crippen LogP contribution is 2.32. The van der Waals surface area contributed by atoms with E-state index in [4.69, 9.17) is 14.2 Å². The molecule has 150 valence electrons. The highest BCUT2D eigenvalue weighted by molar-refractivity contribution is 9.10. The van der Waals surface area contributed by atoms with Gasteiger partial charge < -0.3 is 19.5 Å². The van der Waals surface area contributed by atoms with Crippen molar-refractivity contribution >= 4 is 38.6 Å². The number of fused-ring (bicyclic) bond motifs is 1. The third kappa shape index (κ3) is 5.71. The third-order valence-electron chi connectivity index (χ3n) is 4.19. The molecular weight excluding hydrogens is 438 g/mol. The molecule has 1 amide bonds. The van der Waals surface area contributed by atoms with Gasteiger partial charge in [0.1, 0.15) is 11.5 Å². The average Bonchev–Trinajstić information content (AvgIpc) is 2.76. The van der Waals surface area contributed by atoms with Gasteiger partial charge in [-0.15, -0.1) is 0 Å². The molecule has 0 saturated carbocycles. The zero-order chi connectivity index (χ0) is 20.6. The van der Waals surface area contributed by atoms with Crippen molar-refractivity contribution in [2.75, 3.05) is 20.3 Å². The standard InChI is InChI=1S/C22H20BrNO5/c1-27-17-9-6-15(7-10-17)12-24-20(25)13-29-21(26)14-28-19-11-8-16-4-2-3-5-18(16)22(19)23/h2-11H,12-14H2,1H3,(H,24,25). The van der Waals surface area contributed by atoms with E-state index in [1.807, 2.05) is 54.6 Å². The number of hydrogen-bond donors (Lipinski definition) is 1. The predicted octanol–water partition coefficient (Wildman–Crippen LogP) is 3.85. The molecule has 0 heterocycles. The lowest BCUT2D eigenvalue weighted by Crippen LogP contribution is -2.29. The van der Waals surface area contributed by atoms with Crippen LogP contribution in [0.2, 0.25) is 0 Å². The molecule has 7 heteroatoms. The fourth-order valence-corrected chi connectivity index (χ4v) is 3.25. The van der Waals surface area contributed by atoms with Crippen LogP contribution in [0.5, 0.6) is 11.5 Å². The van der Waals surface area contributed by atoms with Gasteiger partial charge >= 0.3 is 5.97 Å². The van der Waals surface area contributed by atoms with Crippen LogP contribution in [0.1, 0.15) is 5.56 Å². The molecule has 0 fully saturated rings. The summed E-state index contributed by atoms with van der Waals surface area (Å²) >= 11 is 3.50. The molecule has 0 aliphatic heterocycles. The maximum atomic E-state index is 11.9. The Labute approximate surface area is 176 Å². The molecule has 0 atom stereocenters. The van der Waals surface area contributed by atoms with Gasteiger partial charge in [0.25, 0.3) is 5.91 Å². The van der Waals surface area contributed by atoms with Crippen molar-refractivity contribution in [1.82, 2.24) is 5.32 Å². The maximum Gasteiger partial charge on any atom is 0.344 e. The number of nitrogens with one attached hydrogen (secondary N) is 1. The summed E-state index contributed by atoms with van der Waals surface area (Å²) in [5, 5.41) is 4.73. The first-order valence-electron chi connectivity index (χ1n) is 8.92. The first kappa shape index (κ1) is 20.7. The molecule has 0 bridgehead atoms. The number of hydrogen-bond acceptors (Lipinski definition) is 5. The van der Waals surface area contributed by atoms with Crippen LogP contribution in [-0.2, 0) is 20.9 Å². The number of ether oxygens (including phenoxy) is 3. The van der Waals surface area contributed by atoms with Crippen LogP contribution in [0.3, 0.4) is 0 Å². The lowest BCUT2D eigenvalue weighted by atomic mass is 10.1. The minimum atomic E-state index is -0.621. The maximum absolute atomic E-state index is 11.9. The average molecular weight is 458 g/mol. The Morgan fingerprint density at radius 3 is 2.48 bits per heavy atom. The number of carbonyl (C=O) groups excluding carboxylic acids is 2. The van der Waals surface area contributed by atoms with Crippen molar-refractivity contribution < 1.29 is 23.8 Å². The van der Waals surface area contributed by atoms with E-state index in [9.17, 15) is 9.59 Å². The molecule has 3 aromatic rings.